The van der Waals surface area contributed by atoms with Crippen LogP contribution in [0, 0.1) is 11.3 Å². The third-order valence-corrected chi connectivity index (χ3v) is 3.83. The van der Waals surface area contributed by atoms with Crippen LogP contribution in [0.5, 0.6) is 0 Å². The fourth-order valence-corrected chi connectivity index (χ4v) is 2.75. The largest absolute Gasteiger partial charge is 0.394 e. The van der Waals surface area contributed by atoms with Crippen LogP contribution in [0.25, 0.3) is 11.0 Å². The SMILES string of the molecule is N#Cc1c(NN)n([C@@H]2O[C@@H](CO)[C@@H](O)[C@H]2O)c2ncnc(N)c12. The first-order valence-electron chi connectivity index (χ1n) is 6.68. The van der Waals surface area contributed by atoms with Gasteiger partial charge in [-0.1, -0.05) is 0 Å². The van der Waals surface area contributed by atoms with E-state index in [9.17, 15) is 20.6 Å². The summed E-state index contributed by atoms with van der Waals surface area (Å²) in [5.41, 5.74) is 8.45. The summed E-state index contributed by atoms with van der Waals surface area (Å²) >= 11 is 0. The quantitative estimate of drug-likeness (QED) is 0.267. The van der Waals surface area contributed by atoms with Gasteiger partial charge in [-0.05, 0) is 0 Å². The molecule has 3 rings (SSSR count). The summed E-state index contributed by atoms with van der Waals surface area (Å²) in [5.74, 6) is 5.66. The highest BCUT2D eigenvalue weighted by molar-refractivity contribution is 5.97. The summed E-state index contributed by atoms with van der Waals surface area (Å²) in [6, 6.07) is 1.95. The maximum atomic E-state index is 10.2. The second-order valence-electron chi connectivity index (χ2n) is 5.04. The molecule has 4 atom stereocenters. The number of nitrogen functional groups attached to an aromatic ring is 2. The maximum absolute atomic E-state index is 10.2. The lowest BCUT2D eigenvalue weighted by Gasteiger charge is -2.20. The molecule has 2 aromatic rings. The number of aliphatic hydroxyl groups is 3. The smallest absolute Gasteiger partial charge is 0.166 e. The molecule has 0 spiro atoms. The predicted octanol–water partition coefficient (Wildman–Crippen LogP) is -2.22. The molecule has 0 aromatic carbocycles. The highest BCUT2D eigenvalue weighted by atomic mass is 16.6. The molecular formula is C12H15N7O4. The molecule has 11 nitrogen and oxygen atoms in total. The molecule has 23 heavy (non-hydrogen) atoms. The Morgan fingerprint density at radius 3 is 2.70 bits per heavy atom. The van der Waals surface area contributed by atoms with Gasteiger partial charge >= 0.3 is 0 Å². The van der Waals surface area contributed by atoms with Crippen molar-refractivity contribution in [3.63, 3.8) is 0 Å². The number of anilines is 2. The van der Waals surface area contributed by atoms with Crippen LogP contribution < -0.4 is 17.0 Å². The number of fused-ring (bicyclic) bond motifs is 1. The molecule has 0 saturated carbocycles. The van der Waals surface area contributed by atoms with Gasteiger partial charge < -0.3 is 31.2 Å². The van der Waals surface area contributed by atoms with E-state index in [1.165, 1.54) is 10.9 Å². The number of rotatable bonds is 3. The zero-order chi connectivity index (χ0) is 16.7. The molecule has 8 N–H and O–H groups in total. The molecular weight excluding hydrogens is 306 g/mol. The number of hydrogen-bond acceptors (Lipinski definition) is 10. The number of aliphatic hydroxyl groups excluding tert-OH is 3. The van der Waals surface area contributed by atoms with Crippen LogP contribution in [0.1, 0.15) is 11.8 Å². The molecule has 2 aromatic heterocycles. The first-order chi connectivity index (χ1) is 11.0. The summed E-state index contributed by atoms with van der Waals surface area (Å²) in [5, 5.41) is 39.0. The molecule has 122 valence electrons. The fraction of sp³-hybridized carbons (Fsp3) is 0.417. The van der Waals surface area contributed by atoms with Crippen molar-refractivity contribution < 1.29 is 20.1 Å². The average Bonchev–Trinajstić information content (AvgIpc) is 3.03. The van der Waals surface area contributed by atoms with Crippen molar-refractivity contribution in [1.29, 1.82) is 5.26 Å². The summed E-state index contributed by atoms with van der Waals surface area (Å²) in [4.78, 5) is 7.90. The highest BCUT2D eigenvalue weighted by Crippen LogP contribution is 2.39. The van der Waals surface area contributed by atoms with Crippen molar-refractivity contribution in [2.45, 2.75) is 24.5 Å². The Balaban J connectivity index is 2.26. The second-order valence-corrected chi connectivity index (χ2v) is 5.04. The lowest BCUT2D eigenvalue weighted by molar-refractivity contribution is -0.0499. The van der Waals surface area contributed by atoms with Crippen LogP contribution in [-0.4, -0.2) is 54.8 Å². The van der Waals surface area contributed by atoms with Gasteiger partial charge in [0.1, 0.15) is 47.9 Å². The van der Waals surface area contributed by atoms with E-state index < -0.39 is 31.1 Å². The Kier molecular flexibility index (Phi) is 3.76. The number of nitrogens with one attached hydrogen (secondary N) is 1. The molecule has 0 aliphatic carbocycles. The van der Waals surface area contributed by atoms with Gasteiger partial charge in [-0.15, -0.1) is 0 Å². The van der Waals surface area contributed by atoms with Crippen LogP contribution >= 0.6 is 0 Å². The van der Waals surface area contributed by atoms with Crippen LogP contribution in [0.3, 0.4) is 0 Å². The van der Waals surface area contributed by atoms with Crippen molar-refractivity contribution in [3.05, 3.63) is 11.9 Å². The van der Waals surface area contributed by atoms with E-state index in [1.54, 1.807) is 0 Å². The van der Waals surface area contributed by atoms with Crippen molar-refractivity contribution in [3.8, 4) is 6.07 Å². The van der Waals surface area contributed by atoms with Gasteiger partial charge in [-0.2, -0.15) is 5.26 Å². The van der Waals surface area contributed by atoms with Crippen molar-refractivity contribution in [2.75, 3.05) is 17.8 Å². The zero-order valence-corrected chi connectivity index (χ0v) is 11.8. The summed E-state index contributed by atoms with van der Waals surface area (Å²) < 4.78 is 6.79. The minimum atomic E-state index is -1.36. The number of aromatic nitrogens is 3. The molecule has 0 radical (unpaired) electrons. The number of hydrazine groups is 1. The normalized spacial score (nSPS) is 27.3. The van der Waals surface area contributed by atoms with Gasteiger partial charge in [0.25, 0.3) is 0 Å². The standard InChI is InChI=1S/C12H15N7O4/c13-1-4-6-9(14)16-3-17-11(6)19(10(4)18-15)12-8(22)7(21)5(2-20)23-12/h3,5,7-8,12,18,20-22H,2,15H2,(H2,14,16,17)/t5-,7+,8+,12+/m0/s1. The van der Waals surface area contributed by atoms with Crippen LogP contribution in [-0.2, 0) is 4.74 Å². The zero-order valence-electron chi connectivity index (χ0n) is 11.8. The highest BCUT2D eigenvalue weighted by Gasteiger charge is 2.45. The van der Waals surface area contributed by atoms with E-state index in [-0.39, 0.29) is 28.2 Å². The van der Waals surface area contributed by atoms with Crippen molar-refractivity contribution in [2.24, 2.45) is 5.84 Å². The van der Waals surface area contributed by atoms with Gasteiger partial charge in [0.2, 0.25) is 0 Å². The molecule has 1 fully saturated rings. The van der Waals surface area contributed by atoms with E-state index in [1.807, 2.05) is 6.07 Å². The summed E-state index contributed by atoms with van der Waals surface area (Å²) in [6.45, 7) is -0.485. The molecule has 0 amide bonds. The second kappa shape index (κ2) is 5.61. The minimum Gasteiger partial charge on any atom is -0.394 e. The monoisotopic (exact) mass is 321 g/mol. The Morgan fingerprint density at radius 1 is 1.39 bits per heavy atom. The summed E-state index contributed by atoms with van der Waals surface area (Å²) in [6.07, 6.45) is -3.58. The Morgan fingerprint density at radius 2 is 2.13 bits per heavy atom. The van der Waals surface area contributed by atoms with Crippen LogP contribution in [0.4, 0.5) is 11.6 Å². The van der Waals surface area contributed by atoms with Gasteiger partial charge in [-0.25, -0.2) is 15.8 Å². The van der Waals surface area contributed by atoms with Gasteiger partial charge in [0.15, 0.2) is 11.9 Å². The molecule has 3 heterocycles. The molecule has 1 saturated heterocycles. The first kappa shape index (κ1) is 15.4. The topological polar surface area (TPSA) is 188 Å². The van der Waals surface area contributed by atoms with Gasteiger partial charge in [0, 0.05) is 0 Å². The fourth-order valence-electron chi connectivity index (χ4n) is 2.75. The van der Waals surface area contributed by atoms with E-state index in [0.29, 0.717) is 0 Å². The van der Waals surface area contributed by atoms with Crippen LogP contribution in [0.2, 0.25) is 0 Å². The minimum absolute atomic E-state index is 0.0635. The Labute approximate surface area is 129 Å². The molecule has 0 unspecified atom stereocenters. The van der Waals surface area contributed by atoms with E-state index in [0.717, 1.165) is 0 Å². The Bertz CT molecular complexity index is 786. The van der Waals surface area contributed by atoms with Gasteiger partial charge in [0.05, 0.1) is 12.0 Å². The summed E-state index contributed by atoms with van der Waals surface area (Å²) in [7, 11) is 0. The number of nitrogens with zero attached hydrogens (tertiary/aromatic N) is 4. The average molecular weight is 321 g/mol. The first-order valence-corrected chi connectivity index (χ1v) is 6.68. The lowest BCUT2D eigenvalue weighted by Crippen LogP contribution is -2.33. The van der Waals surface area contributed by atoms with E-state index >= 15 is 0 Å². The number of nitriles is 1. The van der Waals surface area contributed by atoms with E-state index in [4.69, 9.17) is 16.3 Å². The number of ether oxygens (including phenoxy) is 1. The number of hydrogen-bond donors (Lipinski definition) is 6. The molecule has 1 aliphatic rings. The lowest BCUT2D eigenvalue weighted by atomic mass is 10.1. The van der Waals surface area contributed by atoms with E-state index in [2.05, 4.69) is 15.4 Å². The molecule has 1 aliphatic heterocycles. The molecule has 0 bridgehead atoms. The van der Waals surface area contributed by atoms with Crippen LogP contribution in [0.15, 0.2) is 6.33 Å². The number of nitrogens with two attached hydrogens (primary N) is 2. The van der Waals surface area contributed by atoms with Crippen molar-refractivity contribution in [1.82, 2.24) is 14.5 Å². The van der Waals surface area contributed by atoms with Crippen molar-refractivity contribution >= 4 is 22.7 Å². The molecule has 11 heteroatoms. The predicted molar refractivity (Wildman–Crippen MR) is 77.5 cm³/mol. The third-order valence-electron chi connectivity index (χ3n) is 3.83. The maximum Gasteiger partial charge on any atom is 0.166 e. The third kappa shape index (κ3) is 2.09. The Hall–Kier alpha value is -2.49. The van der Waals surface area contributed by atoms with Gasteiger partial charge in [-0.3, -0.25) is 4.57 Å².